The van der Waals surface area contributed by atoms with Gasteiger partial charge in [0.15, 0.2) is 0 Å². The van der Waals surface area contributed by atoms with Crippen LogP contribution < -0.4 is 15.5 Å². The molecule has 0 unspecified atom stereocenters. The van der Waals surface area contributed by atoms with Crippen LogP contribution in [-0.2, 0) is 16.1 Å². The molecule has 6 nitrogen and oxygen atoms in total. The van der Waals surface area contributed by atoms with Gasteiger partial charge in [-0.05, 0) is 41.3 Å². The van der Waals surface area contributed by atoms with Crippen molar-refractivity contribution < 1.29 is 14.4 Å². The van der Waals surface area contributed by atoms with Crippen molar-refractivity contribution >= 4 is 45.6 Å². The Balaban J connectivity index is 1.43. The van der Waals surface area contributed by atoms with Gasteiger partial charge in [0, 0.05) is 23.2 Å². The minimum atomic E-state index is -0.333. The highest BCUT2D eigenvalue weighted by Gasteiger charge is 2.28. The van der Waals surface area contributed by atoms with Gasteiger partial charge < -0.3 is 10.6 Å². The lowest BCUT2D eigenvalue weighted by Gasteiger charge is -2.23. The quantitative estimate of drug-likeness (QED) is 0.453. The minimum Gasteiger partial charge on any atom is -0.348 e. The molecule has 0 bridgehead atoms. The van der Waals surface area contributed by atoms with Gasteiger partial charge in [0.25, 0.3) is 5.91 Å². The van der Waals surface area contributed by atoms with Gasteiger partial charge in [-0.15, -0.1) is 0 Å². The molecule has 33 heavy (non-hydrogen) atoms. The number of anilines is 3. The zero-order valence-corrected chi connectivity index (χ0v) is 17.7. The number of carbonyl (C=O) groups excluding carboxylic acids is 3. The first-order valence-electron chi connectivity index (χ1n) is 10.7. The second kappa shape index (κ2) is 8.59. The van der Waals surface area contributed by atoms with Crippen molar-refractivity contribution in [3.05, 3.63) is 102 Å². The van der Waals surface area contributed by atoms with Gasteiger partial charge in [0.1, 0.15) is 6.42 Å². The zero-order chi connectivity index (χ0) is 22.8. The third-order valence-electron chi connectivity index (χ3n) is 5.66. The first-order chi connectivity index (χ1) is 16.1. The number of carbonyl (C=O) groups is 3. The van der Waals surface area contributed by atoms with E-state index in [1.54, 1.807) is 17.0 Å². The summed E-state index contributed by atoms with van der Waals surface area (Å²) in [4.78, 5) is 39.2. The highest BCUT2D eigenvalue weighted by molar-refractivity contribution is 6.21. The van der Waals surface area contributed by atoms with Crippen LogP contribution >= 0.6 is 0 Å². The average molecular weight is 435 g/mol. The van der Waals surface area contributed by atoms with E-state index in [2.05, 4.69) is 10.6 Å². The Bertz CT molecular complexity index is 1360. The van der Waals surface area contributed by atoms with Gasteiger partial charge in [0.05, 0.1) is 11.4 Å². The molecule has 0 aliphatic carbocycles. The smallest absolute Gasteiger partial charge is 0.251 e. The Labute approximate surface area is 190 Å². The third kappa shape index (κ3) is 4.06. The molecule has 1 aliphatic rings. The second-order valence-electron chi connectivity index (χ2n) is 7.85. The fourth-order valence-electron chi connectivity index (χ4n) is 4.03. The molecule has 1 heterocycles. The van der Waals surface area contributed by atoms with E-state index in [0.717, 1.165) is 16.3 Å². The van der Waals surface area contributed by atoms with Crippen LogP contribution in [0.4, 0.5) is 17.1 Å². The Kier molecular flexibility index (Phi) is 5.32. The van der Waals surface area contributed by atoms with Gasteiger partial charge in [-0.2, -0.15) is 0 Å². The molecule has 0 fully saturated rings. The molecular weight excluding hydrogens is 414 g/mol. The molecule has 0 spiro atoms. The molecule has 4 aromatic rings. The number of nitrogens with zero attached hydrogens (tertiary/aromatic N) is 1. The third-order valence-corrected chi connectivity index (χ3v) is 5.66. The maximum absolute atomic E-state index is 13.0. The maximum Gasteiger partial charge on any atom is 0.251 e. The molecule has 3 amide bonds. The summed E-state index contributed by atoms with van der Waals surface area (Å²) in [5, 5.41) is 7.67. The fourth-order valence-corrected chi connectivity index (χ4v) is 4.03. The molecular formula is C27H21N3O3. The van der Waals surface area contributed by atoms with Crippen molar-refractivity contribution in [2.24, 2.45) is 0 Å². The lowest BCUT2D eigenvalue weighted by Crippen LogP contribution is -2.26. The van der Waals surface area contributed by atoms with Gasteiger partial charge in [-0.25, -0.2) is 0 Å². The number of rotatable bonds is 4. The summed E-state index contributed by atoms with van der Waals surface area (Å²) in [5.74, 6) is -0.778. The van der Waals surface area contributed by atoms with E-state index in [9.17, 15) is 14.4 Å². The summed E-state index contributed by atoms with van der Waals surface area (Å²) in [5.41, 5.74) is 3.42. The average Bonchev–Trinajstić information content (AvgIpc) is 2.98. The fraction of sp³-hybridized carbons (Fsp3) is 0.0741. The summed E-state index contributed by atoms with van der Waals surface area (Å²) >= 11 is 0. The van der Waals surface area contributed by atoms with E-state index in [0.29, 0.717) is 29.2 Å². The molecule has 0 saturated heterocycles. The maximum atomic E-state index is 13.0. The van der Waals surface area contributed by atoms with Crippen molar-refractivity contribution in [2.45, 2.75) is 13.0 Å². The first kappa shape index (κ1) is 20.5. The summed E-state index contributed by atoms with van der Waals surface area (Å²) in [6.07, 6.45) is -0.238. The highest BCUT2D eigenvalue weighted by atomic mass is 16.2. The second-order valence-corrected chi connectivity index (χ2v) is 7.85. The predicted octanol–water partition coefficient (Wildman–Crippen LogP) is 4.78. The van der Waals surface area contributed by atoms with Crippen LogP contribution in [0, 0.1) is 0 Å². The molecule has 1 aliphatic heterocycles. The zero-order valence-electron chi connectivity index (χ0n) is 17.7. The van der Waals surface area contributed by atoms with Crippen LogP contribution in [0.1, 0.15) is 22.3 Å². The summed E-state index contributed by atoms with van der Waals surface area (Å²) in [7, 11) is 0. The summed E-state index contributed by atoms with van der Waals surface area (Å²) < 4.78 is 0. The molecule has 4 aromatic carbocycles. The van der Waals surface area contributed by atoms with Crippen LogP contribution in [0.3, 0.4) is 0 Å². The molecule has 0 atom stereocenters. The van der Waals surface area contributed by atoms with Crippen molar-refractivity contribution in [1.29, 1.82) is 0 Å². The van der Waals surface area contributed by atoms with Crippen molar-refractivity contribution in [3.63, 3.8) is 0 Å². The molecule has 0 radical (unpaired) electrons. The monoisotopic (exact) mass is 435 g/mol. The van der Waals surface area contributed by atoms with Crippen LogP contribution in [0.15, 0.2) is 91.0 Å². The lowest BCUT2D eigenvalue weighted by atomic mass is 10.1. The minimum absolute atomic E-state index is 0.146. The Hall–Kier alpha value is -4.45. The van der Waals surface area contributed by atoms with Crippen LogP contribution in [-0.4, -0.2) is 17.7 Å². The number of hydrogen-bond donors (Lipinski definition) is 2. The largest absolute Gasteiger partial charge is 0.348 e. The van der Waals surface area contributed by atoms with E-state index >= 15 is 0 Å². The molecule has 2 N–H and O–H groups in total. The normalized spacial score (nSPS) is 13.3. The Morgan fingerprint density at radius 3 is 2.36 bits per heavy atom. The van der Waals surface area contributed by atoms with Crippen molar-refractivity contribution in [1.82, 2.24) is 5.32 Å². The van der Waals surface area contributed by atoms with Crippen molar-refractivity contribution in [3.8, 4) is 0 Å². The Morgan fingerprint density at radius 2 is 1.58 bits per heavy atom. The molecule has 5 rings (SSSR count). The van der Waals surface area contributed by atoms with E-state index in [-0.39, 0.29) is 24.1 Å². The van der Waals surface area contributed by atoms with Crippen LogP contribution in [0.25, 0.3) is 10.8 Å². The van der Waals surface area contributed by atoms with Gasteiger partial charge in [-0.3, -0.25) is 19.3 Å². The van der Waals surface area contributed by atoms with E-state index < -0.39 is 0 Å². The highest BCUT2D eigenvalue weighted by Crippen LogP contribution is 2.39. The molecule has 0 saturated carbocycles. The lowest BCUT2D eigenvalue weighted by molar-refractivity contribution is -0.124. The van der Waals surface area contributed by atoms with Gasteiger partial charge in [0.2, 0.25) is 11.8 Å². The van der Waals surface area contributed by atoms with E-state index in [1.165, 1.54) is 0 Å². The number of nitrogens with one attached hydrogen (secondary N) is 2. The molecule has 0 aromatic heterocycles. The number of hydrogen-bond acceptors (Lipinski definition) is 3. The topological polar surface area (TPSA) is 78.5 Å². The van der Waals surface area contributed by atoms with E-state index in [4.69, 9.17) is 0 Å². The standard InChI is InChI=1S/C27H21N3O3/c31-24-16-25(32)30(23-15-12-19-6-4-5-9-22(19)26(23)29-24)21-13-10-18(11-14-21)17-28-27(33)20-7-2-1-3-8-20/h1-15H,16-17H2,(H,28,33)(H,29,31). The number of benzene rings is 4. The number of amides is 3. The van der Waals surface area contributed by atoms with Gasteiger partial charge >= 0.3 is 0 Å². The van der Waals surface area contributed by atoms with Crippen LogP contribution in [0.5, 0.6) is 0 Å². The first-order valence-corrected chi connectivity index (χ1v) is 10.7. The van der Waals surface area contributed by atoms with Crippen molar-refractivity contribution in [2.75, 3.05) is 10.2 Å². The molecule has 6 heteroatoms. The SMILES string of the molecule is O=C1CC(=O)N(c2ccc(CNC(=O)c3ccccc3)cc2)c2ccc3ccccc3c2N1. The van der Waals surface area contributed by atoms with Crippen LogP contribution in [0.2, 0.25) is 0 Å². The molecule has 162 valence electrons. The Morgan fingerprint density at radius 1 is 0.848 bits per heavy atom. The summed E-state index contributed by atoms with van der Waals surface area (Å²) in [6.45, 7) is 0.364. The predicted molar refractivity (Wildman–Crippen MR) is 128 cm³/mol. The van der Waals surface area contributed by atoms with E-state index in [1.807, 2.05) is 78.9 Å². The summed E-state index contributed by atoms with van der Waals surface area (Å²) in [6, 6.07) is 28.0. The number of fused-ring (bicyclic) bond motifs is 3. The van der Waals surface area contributed by atoms with Gasteiger partial charge in [-0.1, -0.05) is 60.7 Å².